The van der Waals surface area contributed by atoms with Gasteiger partial charge in [-0.05, 0) is 28.1 Å². The fourth-order valence-corrected chi connectivity index (χ4v) is 5.23. The van der Waals surface area contributed by atoms with Crippen molar-refractivity contribution in [3.05, 3.63) is 71.4 Å². The molecule has 2 heterocycles. The molecule has 0 radical (unpaired) electrons. The van der Waals surface area contributed by atoms with Crippen LogP contribution in [-0.4, -0.2) is 26.1 Å². The molecule has 0 N–H and O–H groups in total. The summed E-state index contributed by atoms with van der Waals surface area (Å²) in [4.78, 5) is 18.2. The quantitative estimate of drug-likeness (QED) is 0.630. The van der Waals surface area contributed by atoms with Crippen LogP contribution in [0.2, 0.25) is 0 Å². The molecule has 1 aliphatic rings. The summed E-state index contributed by atoms with van der Waals surface area (Å²) in [5.74, 6) is 0.335. The molecule has 154 valence electrons. The number of aromatic nitrogens is 4. The molecule has 1 aliphatic carbocycles. The van der Waals surface area contributed by atoms with E-state index in [1.807, 2.05) is 12.4 Å². The van der Waals surface area contributed by atoms with Crippen LogP contribution in [-0.2, 0) is 5.16 Å². The number of nitrogens with zero attached hydrogens (tertiary/aromatic N) is 4. The van der Waals surface area contributed by atoms with Crippen LogP contribution in [0.1, 0.15) is 52.9 Å². The van der Waals surface area contributed by atoms with Crippen molar-refractivity contribution in [3.63, 3.8) is 0 Å². The van der Waals surface area contributed by atoms with Gasteiger partial charge in [0, 0.05) is 30.7 Å². The van der Waals surface area contributed by atoms with E-state index in [1.165, 1.54) is 16.7 Å². The van der Waals surface area contributed by atoms with Crippen LogP contribution < -0.4 is 0 Å². The smallest absolute Gasteiger partial charge is 0.0966 e. The molecule has 0 spiro atoms. The predicted molar refractivity (Wildman–Crippen MR) is 127 cm³/mol. The maximum absolute atomic E-state index is 4.72. The maximum atomic E-state index is 4.72. The predicted octanol–water partition coefficient (Wildman–Crippen LogP) is 5.21. The molecular weight excluding hydrogens is 394 g/mol. The van der Waals surface area contributed by atoms with Crippen molar-refractivity contribution in [2.24, 2.45) is 16.7 Å². The lowest BCUT2D eigenvalue weighted by atomic mass is 9.67. The van der Waals surface area contributed by atoms with E-state index >= 15 is 0 Å². The minimum Gasteiger partial charge on any atom is -0.261 e. The number of allylic oxidation sites excluding steroid dienone is 4. The van der Waals surface area contributed by atoms with Gasteiger partial charge in [0.1, 0.15) is 0 Å². The highest BCUT2D eigenvalue weighted by atomic mass is 31.0. The highest BCUT2D eigenvalue weighted by molar-refractivity contribution is 7.19. The van der Waals surface area contributed by atoms with E-state index in [0.717, 1.165) is 17.5 Å². The first kappa shape index (κ1) is 22.2. The van der Waals surface area contributed by atoms with Crippen LogP contribution in [0.15, 0.2) is 60.0 Å². The minimum absolute atomic E-state index is 0.0163. The van der Waals surface area contributed by atoms with Gasteiger partial charge in [0.05, 0.1) is 28.9 Å². The third kappa shape index (κ3) is 4.07. The van der Waals surface area contributed by atoms with E-state index in [2.05, 4.69) is 76.1 Å². The van der Waals surface area contributed by atoms with Crippen LogP contribution in [0.25, 0.3) is 0 Å². The zero-order valence-electron chi connectivity index (χ0n) is 18.3. The lowest BCUT2D eigenvalue weighted by Gasteiger charge is -2.39. The molecule has 0 saturated heterocycles. The van der Waals surface area contributed by atoms with Crippen molar-refractivity contribution >= 4 is 18.5 Å². The summed E-state index contributed by atoms with van der Waals surface area (Å²) in [5, 5.41) is -0.618. The van der Waals surface area contributed by atoms with E-state index in [-0.39, 0.29) is 10.8 Å². The van der Waals surface area contributed by atoms with Crippen LogP contribution in [0, 0.1) is 16.7 Å². The van der Waals surface area contributed by atoms with Gasteiger partial charge in [-0.25, -0.2) is 0 Å². The summed E-state index contributed by atoms with van der Waals surface area (Å²) in [6, 6.07) is 0. The molecule has 3 rings (SSSR count). The molecule has 6 heteroatoms. The average Bonchev–Trinajstić information content (AvgIpc) is 3.10. The van der Waals surface area contributed by atoms with E-state index in [4.69, 9.17) is 9.97 Å². The number of rotatable bonds is 4. The monoisotopic (exact) mass is 426 g/mol. The highest BCUT2D eigenvalue weighted by Crippen LogP contribution is 2.57. The second kappa shape index (κ2) is 7.97. The summed E-state index contributed by atoms with van der Waals surface area (Å²) in [6.45, 7) is 13.9. The molecule has 29 heavy (non-hydrogen) atoms. The molecule has 0 aliphatic heterocycles. The van der Waals surface area contributed by atoms with E-state index in [0.29, 0.717) is 5.92 Å². The molecule has 0 amide bonds. The molecule has 2 aromatic rings. The molecule has 0 aromatic carbocycles. The summed E-state index contributed by atoms with van der Waals surface area (Å²) in [7, 11) is 5.98. The fraction of sp³-hybridized carbons (Fsp3) is 0.478. The second-order valence-electron chi connectivity index (χ2n) is 9.77. The van der Waals surface area contributed by atoms with Crippen molar-refractivity contribution in [1.29, 1.82) is 0 Å². The zero-order chi connectivity index (χ0) is 21.4. The first-order chi connectivity index (χ1) is 13.5. The summed E-state index contributed by atoms with van der Waals surface area (Å²) in [6.07, 6.45) is 13.9. The Kier molecular flexibility index (Phi) is 6.10. The Balaban J connectivity index is 2.43. The zero-order valence-corrected chi connectivity index (χ0v) is 20.6. The van der Waals surface area contributed by atoms with Gasteiger partial charge in [-0.1, -0.05) is 53.2 Å². The lowest BCUT2D eigenvalue weighted by Crippen LogP contribution is -2.32. The SMILES string of the molecule is CC(C)(C)C1=C(C(P)(c2cnccn2)c2cnccn2)C(CP)=CC1C(C)(C)C. The highest BCUT2D eigenvalue weighted by Gasteiger charge is 2.47. The Labute approximate surface area is 179 Å². The van der Waals surface area contributed by atoms with Gasteiger partial charge < -0.3 is 0 Å². The average molecular weight is 426 g/mol. The van der Waals surface area contributed by atoms with Gasteiger partial charge in [0.2, 0.25) is 0 Å². The second-order valence-corrected chi connectivity index (χ2v) is 11.0. The summed E-state index contributed by atoms with van der Waals surface area (Å²) < 4.78 is 0. The summed E-state index contributed by atoms with van der Waals surface area (Å²) >= 11 is 0. The molecule has 0 saturated carbocycles. The van der Waals surface area contributed by atoms with Crippen LogP contribution >= 0.6 is 18.5 Å². The van der Waals surface area contributed by atoms with Gasteiger partial charge in [-0.2, -0.15) is 0 Å². The Morgan fingerprint density at radius 3 is 1.72 bits per heavy atom. The van der Waals surface area contributed by atoms with Crippen molar-refractivity contribution in [2.45, 2.75) is 46.7 Å². The topological polar surface area (TPSA) is 51.6 Å². The Bertz CT molecular complexity index is 883. The molecule has 3 unspecified atom stereocenters. The molecule has 4 nitrogen and oxygen atoms in total. The first-order valence-electron chi connectivity index (χ1n) is 9.99. The van der Waals surface area contributed by atoms with Crippen molar-refractivity contribution in [1.82, 2.24) is 19.9 Å². The standard InChI is InChI=1S/C23H32N4P2/c1-21(2,3)16-11-15(14-28)19(20(16)22(4,5)6)23(29,17-12-24-7-9-26-17)18-13-25-8-10-27-18/h7-13,16H,14,28-29H2,1-6H3. The Morgan fingerprint density at radius 1 is 0.862 bits per heavy atom. The van der Waals surface area contributed by atoms with Crippen LogP contribution in [0.5, 0.6) is 0 Å². The minimum atomic E-state index is -0.618. The molecule has 0 fully saturated rings. The van der Waals surface area contributed by atoms with Gasteiger partial charge >= 0.3 is 0 Å². The van der Waals surface area contributed by atoms with E-state index in [1.54, 1.807) is 24.8 Å². The molecule has 3 atom stereocenters. The van der Waals surface area contributed by atoms with E-state index in [9.17, 15) is 0 Å². The van der Waals surface area contributed by atoms with Crippen molar-refractivity contribution < 1.29 is 0 Å². The lowest BCUT2D eigenvalue weighted by molar-refractivity contribution is 0.289. The molecular formula is C23H32N4P2. The van der Waals surface area contributed by atoms with Gasteiger partial charge in [0.25, 0.3) is 0 Å². The van der Waals surface area contributed by atoms with Gasteiger partial charge in [-0.15, -0.1) is 18.5 Å². The summed E-state index contributed by atoms with van der Waals surface area (Å²) in [5.41, 5.74) is 5.86. The van der Waals surface area contributed by atoms with E-state index < -0.39 is 5.16 Å². The molecule has 2 aromatic heterocycles. The Hall–Kier alpha value is -1.50. The maximum Gasteiger partial charge on any atom is 0.0966 e. The van der Waals surface area contributed by atoms with Crippen molar-refractivity contribution in [3.8, 4) is 0 Å². The third-order valence-corrected chi connectivity index (χ3v) is 6.88. The van der Waals surface area contributed by atoms with Gasteiger partial charge in [0.15, 0.2) is 0 Å². The van der Waals surface area contributed by atoms with Crippen molar-refractivity contribution in [2.75, 3.05) is 6.16 Å². The fourth-order valence-electron chi connectivity index (χ4n) is 4.25. The Morgan fingerprint density at radius 2 is 1.38 bits per heavy atom. The largest absolute Gasteiger partial charge is 0.261 e. The normalized spacial score (nSPS) is 18.2. The first-order valence-corrected chi connectivity index (χ1v) is 11.4. The number of hydrogen-bond acceptors (Lipinski definition) is 4. The molecule has 0 bridgehead atoms. The van der Waals surface area contributed by atoms with Gasteiger partial charge in [-0.3, -0.25) is 19.9 Å². The van der Waals surface area contributed by atoms with Crippen LogP contribution in [0.4, 0.5) is 0 Å². The van der Waals surface area contributed by atoms with Crippen LogP contribution in [0.3, 0.4) is 0 Å². The third-order valence-electron chi connectivity index (χ3n) is 5.56. The number of hydrogen-bond donors (Lipinski definition) is 0.